The fourth-order valence-corrected chi connectivity index (χ4v) is 6.39. The van der Waals surface area contributed by atoms with Crippen molar-refractivity contribution in [2.75, 3.05) is 44.2 Å². The number of ether oxygens (including phenoxy) is 1. The van der Waals surface area contributed by atoms with E-state index in [1.165, 1.54) is 5.56 Å². The van der Waals surface area contributed by atoms with E-state index in [1.54, 1.807) is 4.90 Å². The molecule has 226 valence electrons. The van der Waals surface area contributed by atoms with Crippen LogP contribution in [0.15, 0.2) is 42.6 Å². The second kappa shape index (κ2) is 11.7. The molecule has 0 aliphatic carbocycles. The molecule has 2 fully saturated rings. The van der Waals surface area contributed by atoms with E-state index in [2.05, 4.69) is 36.9 Å². The summed E-state index contributed by atoms with van der Waals surface area (Å²) in [4.78, 5) is 52.2. The number of fused-ring (bicyclic) bond motifs is 1. The van der Waals surface area contributed by atoms with Crippen LogP contribution in [0.2, 0.25) is 0 Å². The molecule has 2 aromatic rings. The highest BCUT2D eigenvalue weighted by molar-refractivity contribution is 5.97. The quantitative estimate of drug-likeness (QED) is 0.513. The number of benzene rings is 1. The maximum atomic E-state index is 14.1. The third-order valence-electron chi connectivity index (χ3n) is 8.49. The minimum Gasteiger partial charge on any atom is -0.444 e. The van der Waals surface area contributed by atoms with Gasteiger partial charge in [0.25, 0.3) is 0 Å². The van der Waals surface area contributed by atoms with E-state index in [1.807, 2.05) is 61.9 Å². The molecule has 1 aromatic heterocycles. The van der Waals surface area contributed by atoms with Gasteiger partial charge < -0.3 is 19.4 Å². The second-order valence-electron chi connectivity index (χ2n) is 13.7. The largest absolute Gasteiger partial charge is 0.444 e. The Hall–Kier alpha value is -3.46. The summed E-state index contributed by atoms with van der Waals surface area (Å²) in [6.45, 7) is 14.7. The van der Waals surface area contributed by atoms with Gasteiger partial charge in [-0.05, 0) is 57.7 Å². The first-order valence-corrected chi connectivity index (χ1v) is 15.2. The van der Waals surface area contributed by atoms with Crippen molar-refractivity contribution in [2.24, 2.45) is 0 Å². The summed E-state index contributed by atoms with van der Waals surface area (Å²) in [7, 11) is 0. The highest BCUT2D eigenvalue weighted by Crippen LogP contribution is 2.40. The Labute approximate surface area is 249 Å². The van der Waals surface area contributed by atoms with Crippen LogP contribution in [-0.4, -0.2) is 94.5 Å². The maximum absolute atomic E-state index is 14.1. The molecule has 2 atom stereocenters. The first-order chi connectivity index (χ1) is 19.8. The Morgan fingerprint density at radius 2 is 1.83 bits per heavy atom. The Kier molecular flexibility index (Phi) is 8.34. The van der Waals surface area contributed by atoms with Gasteiger partial charge in [0.1, 0.15) is 5.60 Å². The van der Waals surface area contributed by atoms with Crippen LogP contribution >= 0.6 is 0 Å². The molecule has 0 radical (unpaired) electrons. The Bertz CT molecular complexity index is 1320. The van der Waals surface area contributed by atoms with Crippen LogP contribution in [-0.2, 0) is 26.2 Å². The molecule has 9 nitrogen and oxygen atoms in total. The number of likely N-dealkylation sites (tertiary alicyclic amines) is 1. The number of carbonyl (C=O) groups excluding carboxylic acids is 3. The van der Waals surface area contributed by atoms with E-state index >= 15 is 0 Å². The van der Waals surface area contributed by atoms with E-state index in [4.69, 9.17) is 9.72 Å². The summed E-state index contributed by atoms with van der Waals surface area (Å²) in [5.74, 6) is 0.145. The van der Waals surface area contributed by atoms with Crippen LogP contribution < -0.4 is 4.90 Å². The number of anilines is 1. The maximum Gasteiger partial charge on any atom is 0.410 e. The summed E-state index contributed by atoms with van der Waals surface area (Å²) in [6.07, 6.45) is 3.72. The summed E-state index contributed by atoms with van der Waals surface area (Å²) in [6, 6.07) is 12.1. The van der Waals surface area contributed by atoms with Crippen molar-refractivity contribution >= 4 is 23.6 Å². The summed E-state index contributed by atoms with van der Waals surface area (Å²) >= 11 is 0. The molecule has 42 heavy (non-hydrogen) atoms. The molecule has 0 spiro atoms. The van der Waals surface area contributed by atoms with Gasteiger partial charge in [-0.1, -0.05) is 44.2 Å². The Balaban J connectivity index is 1.36. The molecular formula is C33H45N5O4. The molecule has 0 N–H and O–H groups in total. The third-order valence-corrected chi connectivity index (χ3v) is 8.49. The number of carbonyl (C=O) groups is 3. The minimum atomic E-state index is -0.604. The van der Waals surface area contributed by atoms with E-state index in [0.29, 0.717) is 39.1 Å². The number of rotatable bonds is 6. The van der Waals surface area contributed by atoms with Gasteiger partial charge in [-0.3, -0.25) is 19.5 Å². The lowest BCUT2D eigenvalue weighted by molar-refractivity contribution is -0.129. The van der Waals surface area contributed by atoms with Crippen molar-refractivity contribution < 1.29 is 19.1 Å². The van der Waals surface area contributed by atoms with Gasteiger partial charge in [0.15, 0.2) is 0 Å². The number of hydrogen-bond acceptors (Lipinski definition) is 6. The van der Waals surface area contributed by atoms with Crippen molar-refractivity contribution in [2.45, 2.75) is 83.9 Å². The van der Waals surface area contributed by atoms with Crippen LogP contribution in [0, 0.1) is 0 Å². The molecule has 0 saturated carbocycles. The summed E-state index contributed by atoms with van der Waals surface area (Å²) in [5.41, 5.74) is 3.22. The number of nitrogens with zero attached hydrogens (tertiary/aromatic N) is 5. The zero-order valence-corrected chi connectivity index (χ0v) is 25.9. The molecular weight excluding hydrogens is 530 g/mol. The number of amides is 3. The second-order valence-corrected chi connectivity index (χ2v) is 13.7. The molecule has 2 saturated heterocycles. The van der Waals surface area contributed by atoms with Crippen molar-refractivity contribution in [3.63, 3.8) is 0 Å². The van der Waals surface area contributed by atoms with Crippen LogP contribution in [0.5, 0.6) is 0 Å². The van der Waals surface area contributed by atoms with Gasteiger partial charge in [-0.25, -0.2) is 4.79 Å². The zero-order valence-electron chi connectivity index (χ0n) is 25.9. The first-order valence-electron chi connectivity index (χ1n) is 15.2. The fraction of sp³-hybridized carbons (Fsp3) is 0.576. The number of piperazine rings is 1. The highest BCUT2D eigenvalue weighted by Gasteiger charge is 2.43. The molecule has 9 heteroatoms. The lowest BCUT2D eigenvalue weighted by Gasteiger charge is -2.46. The lowest BCUT2D eigenvalue weighted by Crippen LogP contribution is -2.63. The van der Waals surface area contributed by atoms with E-state index in [9.17, 15) is 14.4 Å². The zero-order chi connectivity index (χ0) is 30.2. The highest BCUT2D eigenvalue weighted by atomic mass is 16.6. The lowest BCUT2D eigenvalue weighted by atomic mass is 9.91. The normalized spacial score (nSPS) is 22.4. The summed E-state index contributed by atoms with van der Waals surface area (Å²) in [5, 5.41) is 0. The van der Waals surface area contributed by atoms with Gasteiger partial charge in [-0.15, -0.1) is 0 Å². The predicted molar refractivity (Wildman–Crippen MR) is 162 cm³/mol. The molecule has 3 aliphatic heterocycles. The van der Waals surface area contributed by atoms with Gasteiger partial charge in [0, 0.05) is 62.8 Å². The monoisotopic (exact) mass is 575 g/mol. The van der Waals surface area contributed by atoms with Gasteiger partial charge in [-0.2, -0.15) is 0 Å². The minimum absolute atomic E-state index is 0.0103. The van der Waals surface area contributed by atoms with Crippen molar-refractivity contribution in [3.05, 3.63) is 59.4 Å². The van der Waals surface area contributed by atoms with Crippen LogP contribution in [0.1, 0.15) is 71.2 Å². The van der Waals surface area contributed by atoms with Crippen LogP contribution in [0.25, 0.3) is 0 Å². The number of pyridine rings is 1. The Morgan fingerprint density at radius 1 is 1.10 bits per heavy atom. The van der Waals surface area contributed by atoms with Gasteiger partial charge in [0.05, 0.1) is 17.9 Å². The fourth-order valence-electron chi connectivity index (χ4n) is 6.39. The average Bonchev–Trinajstić information content (AvgIpc) is 3.43. The SMILES string of the molecule is C[C@@H]1CN(CC(=O)N2CC(C)(C)c3ncc(Cc4ccccc4)cc32)[C@@H](CN2CCCC2=O)CN1C(=O)OC(C)(C)C. The van der Waals surface area contributed by atoms with Gasteiger partial charge in [0.2, 0.25) is 11.8 Å². The number of hydrogen-bond donors (Lipinski definition) is 0. The third kappa shape index (κ3) is 6.61. The summed E-state index contributed by atoms with van der Waals surface area (Å²) < 4.78 is 5.71. The smallest absolute Gasteiger partial charge is 0.410 e. The van der Waals surface area contributed by atoms with E-state index in [-0.39, 0.29) is 42.0 Å². The molecule has 3 amide bonds. The predicted octanol–water partition coefficient (Wildman–Crippen LogP) is 4.23. The van der Waals surface area contributed by atoms with E-state index in [0.717, 1.165) is 29.8 Å². The Morgan fingerprint density at radius 3 is 2.50 bits per heavy atom. The topological polar surface area (TPSA) is 86.3 Å². The molecule has 0 unspecified atom stereocenters. The molecule has 4 heterocycles. The van der Waals surface area contributed by atoms with Crippen molar-refractivity contribution in [1.82, 2.24) is 19.7 Å². The number of aromatic nitrogens is 1. The molecule has 1 aromatic carbocycles. The van der Waals surface area contributed by atoms with Crippen LogP contribution in [0.3, 0.4) is 0 Å². The van der Waals surface area contributed by atoms with Gasteiger partial charge >= 0.3 is 6.09 Å². The molecule has 0 bridgehead atoms. The van der Waals surface area contributed by atoms with Crippen molar-refractivity contribution in [1.29, 1.82) is 0 Å². The standard InChI is InChI=1S/C33H45N5O4/c1-23-18-36(26(19-35-14-10-13-28(35)39)20-37(23)31(41)42-32(2,3)4)21-29(40)38-22-33(5,6)30-27(38)16-25(17-34-30)15-24-11-8-7-9-12-24/h7-9,11-12,16-17,23,26H,10,13-15,18-22H2,1-6H3/t23-,26+/m1/s1. The molecule has 5 rings (SSSR count). The van der Waals surface area contributed by atoms with Crippen molar-refractivity contribution in [3.8, 4) is 0 Å². The molecule has 3 aliphatic rings. The first kappa shape index (κ1) is 30.0. The van der Waals surface area contributed by atoms with E-state index < -0.39 is 5.60 Å². The van der Waals surface area contributed by atoms with Crippen LogP contribution in [0.4, 0.5) is 10.5 Å². The average molecular weight is 576 g/mol.